The molecule has 6 bridgehead atoms. The molecule has 3 heterocycles. The van der Waals surface area contributed by atoms with Crippen molar-refractivity contribution in [3.63, 3.8) is 0 Å². The first-order valence-corrected chi connectivity index (χ1v) is 8.41. The lowest BCUT2D eigenvalue weighted by atomic mass is 10.1. The van der Waals surface area contributed by atoms with Crippen LogP contribution in [0, 0.1) is 0 Å². The monoisotopic (exact) mass is 349 g/mol. The summed E-state index contributed by atoms with van der Waals surface area (Å²) in [6, 6.07) is 13.7. The lowest BCUT2D eigenvalue weighted by molar-refractivity contribution is 0.335. The van der Waals surface area contributed by atoms with Gasteiger partial charge in [-0.05, 0) is 47.9 Å². The average Bonchev–Trinajstić information content (AvgIpc) is 3.12. The topological polar surface area (TPSA) is 53.7 Å². The standard InChI is InChI=1S/C21H19NO4/c1-23-19-11-15-6-10-18-13-16(22-26-18)7-3-14-4-8-17(9-5-14)25-20(12-15)21(19)24-2/h3-5,7-9,11-13H,6,10H2,1-2H3/b7-3-. The average molecular weight is 349 g/mol. The third kappa shape index (κ3) is 3.28. The SMILES string of the molecule is COc1cc2cc(c1OC)Oc1ccc(cc1)/C=C\c1cc(on1)CC2. The highest BCUT2D eigenvalue weighted by atomic mass is 16.5. The van der Waals surface area contributed by atoms with E-state index in [2.05, 4.69) is 5.16 Å². The third-order valence-corrected chi connectivity index (χ3v) is 4.30. The molecule has 2 aromatic carbocycles. The van der Waals surface area contributed by atoms with Crippen LogP contribution >= 0.6 is 0 Å². The van der Waals surface area contributed by atoms with Gasteiger partial charge in [0.1, 0.15) is 17.2 Å². The zero-order valence-electron chi connectivity index (χ0n) is 14.7. The number of rotatable bonds is 2. The maximum atomic E-state index is 6.08. The van der Waals surface area contributed by atoms with Crippen LogP contribution in [0.1, 0.15) is 22.6 Å². The lowest BCUT2D eigenvalue weighted by Crippen LogP contribution is -1.98. The van der Waals surface area contributed by atoms with Gasteiger partial charge in [-0.25, -0.2) is 0 Å². The van der Waals surface area contributed by atoms with Crippen LogP contribution in [0.5, 0.6) is 23.0 Å². The summed E-state index contributed by atoms with van der Waals surface area (Å²) < 4.78 is 22.5. The van der Waals surface area contributed by atoms with Gasteiger partial charge in [0.15, 0.2) is 11.5 Å². The molecule has 1 aromatic heterocycles. The molecule has 0 saturated heterocycles. The molecule has 0 spiro atoms. The van der Waals surface area contributed by atoms with E-state index in [-0.39, 0.29) is 0 Å². The van der Waals surface area contributed by atoms with Crippen LogP contribution in [0.4, 0.5) is 0 Å². The Balaban J connectivity index is 1.82. The zero-order valence-corrected chi connectivity index (χ0v) is 14.7. The summed E-state index contributed by atoms with van der Waals surface area (Å²) in [6.45, 7) is 0. The minimum absolute atomic E-state index is 0.575. The van der Waals surface area contributed by atoms with E-state index < -0.39 is 0 Å². The Morgan fingerprint density at radius 1 is 0.923 bits per heavy atom. The Kier molecular flexibility index (Phi) is 4.35. The summed E-state index contributed by atoms with van der Waals surface area (Å²) in [6.07, 6.45) is 5.44. The molecule has 0 atom stereocenters. The Hall–Kier alpha value is -3.21. The highest BCUT2D eigenvalue weighted by molar-refractivity contribution is 5.68. The van der Waals surface area contributed by atoms with E-state index in [0.717, 1.165) is 41.2 Å². The van der Waals surface area contributed by atoms with Gasteiger partial charge in [-0.15, -0.1) is 0 Å². The summed E-state index contributed by atoms with van der Waals surface area (Å²) in [7, 11) is 3.23. The van der Waals surface area contributed by atoms with Crippen LogP contribution in [0.3, 0.4) is 0 Å². The fourth-order valence-electron chi connectivity index (χ4n) is 2.95. The fourth-order valence-corrected chi connectivity index (χ4v) is 2.95. The molecule has 5 heteroatoms. The van der Waals surface area contributed by atoms with Gasteiger partial charge in [-0.2, -0.15) is 0 Å². The van der Waals surface area contributed by atoms with E-state index in [1.165, 1.54) is 0 Å². The molecule has 5 nitrogen and oxygen atoms in total. The molecule has 0 amide bonds. The first-order valence-electron chi connectivity index (χ1n) is 8.41. The number of aryl methyl sites for hydroxylation is 2. The summed E-state index contributed by atoms with van der Waals surface area (Å²) in [4.78, 5) is 0. The molecule has 0 unspecified atom stereocenters. The normalized spacial score (nSPS) is 14.1. The van der Waals surface area contributed by atoms with E-state index in [1.54, 1.807) is 14.2 Å². The van der Waals surface area contributed by atoms with Crippen molar-refractivity contribution in [2.24, 2.45) is 0 Å². The predicted molar refractivity (Wildman–Crippen MR) is 98.9 cm³/mol. The van der Waals surface area contributed by atoms with E-state index in [1.807, 2.05) is 54.6 Å². The van der Waals surface area contributed by atoms with Crippen molar-refractivity contribution in [3.05, 3.63) is 65.0 Å². The van der Waals surface area contributed by atoms with Crippen molar-refractivity contribution in [3.8, 4) is 23.0 Å². The molecule has 3 aromatic rings. The fraction of sp³-hybridized carbons (Fsp3) is 0.190. The summed E-state index contributed by atoms with van der Waals surface area (Å²) in [5.41, 5.74) is 2.93. The largest absolute Gasteiger partial charge is 0.493 e. The number of fused-ring (bicyclic) bond motifs is 3. The van der Waals surface area contributed by atoms with E-state index in [9.17, 15) is 0 Å². The van der Waals surface area contributed by atoms with Gasteiger partial charge in [0, 0.05) is 12.5 Å². The van der Waals surface area contributed by atoms with Crippen molar-refractivity contribution in [2.45, 2.75) is 12.8 Å². The Labute approximate surface area is 151 Å². The number of nitrogens with zero attached hydrogens (tertiary/aromatic N) is 1. The van der Waals surface area contributed by atoms with Gasteiger partial charge in [0.05, 0.1) is 14.2 Å². The van der Waals surface area contributed by atoms with Gasteiger partial charge in [-0.3, -0.25) is 0 Å². The minimum atomic E-state index is 0.575. The highest BCUT2D eigenvalue weighted by Crippen LogP contribution is 2.41. The molecule has 0 aliphatic carbocycles. The number of hydrogen-bond donors (Lipinski definition) is 0. The zero-order chi connectivity index (χ0) is 17.9. The van der Waals surface area contributed by atoms with Gasteiger partial charge in [0.25, 0.3) is 0 Å². The summed E-state index contributed by atoms with van der Waals surface area (Å²) >= 11 is 0. The Bertz CT molecular complexity index is 941. The van der Waals surface area contributed by atoms with Crippen LogP contribution in [0.25, 0.3) is 12.2 Å². The quantitative estimate of drug-likeness (QED) is 0.668. The van der Waals surface area contributed by atoms with E-state index in [0.29, 0.717) is 17.2 Å². The van der Waals surface area contributed by atoms with Crippen LogP contribution in [0.15, 0.2) is 47.0 Å². The molecule has 132 valence electrons. The minimum Gasteiger partial charge on any atom is -0.493 e. The van der Waals surface area contributed by atoms with Gasteiger partial charge >= 0.3 is 0 Å². The maximum Gasteiger partial charge on any atom is 0.203 e. The first-order chi connectivity index (χ1) is 12.7. The van der Waals surface area contributed by atoms with Crippen LogP contribution in [-0.2, 0) is 12.8 Å². The van der Waals surface area contributed by atoms with Gasteiger partial charge < -0.3 is 18.7 Å². The molecule has 0 radical (unpaired) electrons. The smallest absolute Gasteiger partial charge is 0.203 e. The molecule has 5 rings (SSSR count). The predicted octanol–water partition coefficient (Wildman–Crippen LogP) is 4.75. The molecule has 26 heavy (non-hydrogen) atoms. The molecule has 0 saturated carbocycles. The molecule has 2 aliphatic heterocycles. The van der Waals surface area contributed by atoms with Crippen molar-refractivity contribution < 1.29 is 18.7 Å². The van der Waals surface area contributed by atoms with E-state index in [4.69, 9.17) is 18.7 Å². The third-order valence-electron chi connectivity index (χ3n) is 4.30. The second-order valence-corrected chi connectivity index (χ2v) is 6.05. The molecular weight excluding hydrogens is 330 g/mol. The van der Waals surface area contributed by atoms with Crippen molar-refractivity contribution in [2.75, 3.05) is 14.2 Å². The second kappa shape index (κ2) is 6.96. The van der Waals surface area contributed by atoms with Crippen LogP contribution < -0.4 is 14.2 Å². The number of hydrogen-bond acceptors (Lipinski definition) is 5. The van der Waals surface area contributed by atoms with Gasteiger partial charge in [0.2, 0.25) is 5.75 Å². The van der Waals surface area contributed by atoms with E-state index >= 15 is 0 Å². The maximum absolute atomic E-state index is 6.08. The lowest BCUT2D eigenvalue weighted by Gasteiger charge is -2.15. The Morgan fingerprint density at radius 3 is 2.54 bits per heavy atom. The van der Waals surface area contributed by atoms with Crippen LogP contribution in [0.2, 0.25) is 0 Å². The van der Waals surface area contributed by atoms with Crippen molar-refractivity contribution in [1.29, 1.82) is 0 Å². The highest BCUT2D eigenvalue weighted by Gasteiger charge is 2.15. The second-order valence-electron chi connectivity index (χ2n) is 6.05. The molecular formula is C21H19NO4. The van der Waals surface area contributed by atoms with Crippen molar-refractivity contribution >= 4 is 12.2 Å². The molecule has 0 fully saturated rings. The van der Waals surface area contributed by atoms with Gasteiger partial charge in [-0.1, -0.05) is 23.4 Å². The molecule has 2 aliphatic rings. The summed E-state index contributed by atoms with van der Waals surface area (Å²) in [5.74, 6) is 3.41. The number of aromatic nitrogens is 1. The molecule has 0 N–H and O–H groups in total. The van der Waals surface area contributed by atoms with Crippen LogP contribution in [-0.4, -0.2) is 19.4 Å². The first kappa shape index (κ1) is 16.3. The number of benzene rings is 2. The summed E-state index contributed by atoms with van der Waals surface area (Å²) in [5, 5.41) is 4.10. The number of ether oxygens (including phenoxy) is 3. The van der Waals surface area contributed by atoms with Crippen molar-refractivity contribution in [1.82, 2.24) is 5.16 Å². The Morgan fingerprint density at radius 2 is 1.77 bits per heavy atom. The number of methoxy groups -OCH3 is 2.